The van der Waals surface area contributed by atoms with Crippen LogP contribution in [0, 0.1) is 0 Å². The molecule has 0 fully saturated rings. The second-order valence-corrected chi connectivity index (χ2v) is 10.8. The number of hydrogen-bond acceptors (Lipinski definition) is 7. The number of sulfonamides is 1. The van der Waals surface area contributed by atoms with E-state index in [1.54, 1.807) is 12.1 Å². The average molecular weight is 569 g/mol. The lowest BCUT2D eigenvalue weighted by Gasteiger charge is -2.23. The lowest BCUT2D eigenvalue weighted by molar-refractivity contribution is -0.153. The number of nitrogens with one attached hydrogen (secondary N) is 2. The van der Waals surface area contributed by atoms with Crippen LogP contribution in [0.25, 0.3) is 0 Å². The van der Waals surface area contributed by atoms with Crippen molar-refractivity contribution >= 4 is 15.7 Å². The molecular formula is C27H31F3N2O6S. The van der Waals surface area contributed by atoms with Crippen LogP contribution in [0.5, 0.6) is 17.2 Å². The van der Waals surface area contributed by atoms with Crippen LogP contribution in [0.3, 0.4) is 0 Å². The highest BCUT2D eigenvalue weighted by atomic mass is 32.2. The number of benzene rings is 3. The number of ether oxygens (including phenoxy) is 2. The smallest absolute Gasteiger partial charge is 0.422 e. The summed E-state index contributed by atoms with van der Waals surface area (Å²) in [6.07, 6.45) is -3.84. The number of hydrogen-bond donors (Lipinski definition) is 4. The van der Waals surface area contributed by atoms with E-state index >= 15 is 0 Å². The van der Waals surface area contributed by atoms with Crippen molar-refractivity contribution in [3.05, 3.63) is 83.4 Å². The fraction of sp³-hybridized carbons (Fsp3) is 0.333. The lowest BCUT2D eigenvalue weighted by atomic mass is 9.97. The second-order valence-electron chi connectivity index (χ2n) is 9.05. The molecule has 0 amide bonds. The Kier molecular flexibility index (Phi) is 10.1. The fourth-order valence-corrected chi connectivity index (χ4v) is 4.52. The molecule has 12 heteroatoms. The predicted molar refractivity (Wildman–Crippen MR) is 142 cm³/mol. The van der Waals surface area contributed by atoms with Gasteiger partial charge in [0.1, 0.15) is 5.75 Å². The Bertz CT molecular complexity index is 1340. The molecule has 2 atom stereocenters. The monoisotopic (exact) mass is 568 g/mol. The fourth-order valence-electron chi connectivity index (χ4n) is 3.95. The van der Waals surface area contributed by atoms with Gasteiger partial charge in [0.2, 0.25) is 10.0 Å². The van der Waals surface area contributed by atoms with Crippen LogP contribution in [-0.2, 0) is 22.9 Å². The first-order valence-corrected chi connectivity index (χ1v) is 13.8. The number of anilines is 1. The Labute approximate surface area is 225 Å². The summed E-state index contributed by atoms with van der Waals surface area (Å²) >= 11 is 0. The van der Waals surface area contributed by atoms with Crippen LogP contribution < -0.4 is 19.5 Å². The topological polar surface area (TPSA) is 117 Å². The van der Waals surface area contributed by atoms with Crippen molar-refractivity contribution in [2.45, 2.75) is 31.2 Å². The minimum atomic E-state index is -4.52. The van der Waals surface area contributed by atoms with E-state index < -0.39 is 35.0 Å². The molecule has 0 aliphatic heterocycles. The zero-order chi connectivity index (χ0) is 28.6. The lowest BCUT2D eigenvalue weighted by Crippen LogP contribution is -2.32. The number of phenolic OH excluding ortho intramolecular Hbond substituents is 1. The third-order valence-corrected chi connectivity index (χ3v) is 6.28. The molecule has 8 nitrogen and oxygen atoms in total. The van der Waals surface area contributed by atoms with Crippen molar-refractivity contribution in [1.82, 2.24) is 5.32 Å². The van der Waals surface area contributed by atoms with Crippen molar-refractivity contribution in [1.29, 1.82) is 0 Å². The number of alkyl halides is 3. The molecule has 39 heavy (non-hydrogen) atoms. The van der Waals surface area contributed by atoms with E-state index in [1.807, 2.05) is 30.3 Å². The summed E-state index contributed by atoms with van der Waals surface area (Å²) in [5.41, 5.74) is 2.18. The van der Waals surface area contributed by atoms with Gasteiger partial charge in [-0.25, -0.2) is 8.42 Å². The summed E-state index contributed by atoms with van der Waals surface area (Å²) in [5.74, 6) is -0.141. The van der Waals surface area contributed by atoms with E-state index in [4.69, 9.17) is 9.47 Å². The van der Waals surface area contributed by atoms with Gasteiger partial charge < -0.3 is 25.0 Å². The van der Waals surface area contributed by atoms with Gasteiger partial charge >= 0.3 is 6.18 Å². The summed E-state index contributed by atoms with van der Waals surface area (Å²) in [5, 5.41) is 23.9. The standard InChI is InChI=1S/C27H31F3N2O6S/c1-37-25-11-9-20(15-26(25)38-17-27(28,29)30)22(13-18-6-4-3-5-7-18)31-16-21(33)12-19-8-10-24(34)23(14-19)32-39(2,35)36/h3-11,14-15,21-22,31-34H,12-13,16-17H2,1-2H3/t21-,22+/m0/s1. The third kappa shape index (κ3) is 9.97. The number of aliphatic hydroxyl groups excluding tert-OH is 1. The normalized spacial score (nSPS) is 13.5. The molecule has 212 valence electrons. The molecule has 3 rings (SSSR count). The average Bonchev–Trinajstić information content (AvgIpc) is 2.86. The predicted octanol–water partition coefficient (Wildman–Crippen LogP) is 4.19. The molecule has 0 saturated carbocycles. The minimum Gasteiger partial charge on any atom is -0.506 e. The Balaban J connectivity index is 1.78. The van der Waals surface area contributed by atoms with E-state index in [9.17, 15) is 31.8 Å². The number of phenols is 1. The number of aliphatic hydroxyl groups is 1. The summed E-state index contributed by atoms with van der Waals surface area (Å²) in [7, 11) is -2.28. The Morgan fingerprint density at radius 1 is 0.949 bits per heavy atom. The largest absolute Gasteiger partial charge is 0.506 e. The van der Waals surface area contributed by atoms with Crippen LogP contribution in [0.2, 0.25) is 0 Å². The maximum absolute atomic E-state index is 12.8. The molecule has 4 N–H and O–H groups in total. The van der Waals surface area contributed by atoms with Crippen molar-refractivity contribution in [3.63, 3.8) is 0 Å². The highest BCUT2D eigenvalue weighted by molar-refractivity contribution is 7.92. The van der Waals surface area contributed by atoms with E-state index in [0.717, 1.165) is 11.8 Å². The third-order valence-electron chi connectivity index (χ3n) is 5.69. The molecule has 0 aliphatic carbocycles. The van der Waals surface area contributed by atoms with Gasteiger partial charge in [0, 0.05) is 12.6 Å². The molecule has 0 bridgehead atoms. The van der Waals surface area contributed by atoms with Gasteiger partial charge in [0.05, 0.1) is 25.2 Å². The molecule has 0 saturated heterocycles. The number of methoxy groups -OCH3 is 1. The minimum absolute atomic E-state index is 0.00160. The quantitative estimate of drug-likeness (QED) is 0.229. The van der Waals surface area contributed by atoms with E-state index in [-0.39, 0.29) is 35.9 Å². The van der Waals surface area contributed by atoms with Crippen LogP contribution in [-0.4, -0.2) is 57.4 Å². The van der Waals surface area contributed by atoms with Gasteiger partial charge in [-0.05, 0) is 53.8 Å². The molecule has 3 aromatic rings. The first-order valence-electron chi connectivity index (χ1n) is 12.0. The van der Waals surface area contributed by atoms with Crippen LogP contribution >= 0.6 is 0 Å². The van der Waals surface area contributed by atoms with Gasteiger partial charge in [-0.3, -0.25) is 4.72 Å². The molecule has 0 radical (unpaired) electrons. The van der Waals surface area contributed by atoms with Crippen molar-refractivity contribution in [2.24, 2.45) is 0 Å². The maximum Gasteiger partial charge on any atom is 0.422 e. The molecule has 0 spiro atoms. The molecule has 0 heterocycles. The Morgan fingerprint density at radius 3 is 2.31 bits per heavy atom. The first-order chi connectivity index (χ1) is 18.3. The van der Waals surface area contributed by atoms with Crippen molar-refractivity contribution in [3.8, 4) is 17.2 Å². The summed E-state index contributed by atoms with van der Waals surface area (Å²) < 4.78 is 73.8. The van der Waals surface area contributed by atoms with Gasteiger partial charge in [0.15, 0.2) is 18.1 Å². The maximum atomic E-state index is 12.8. The summed E-state index contributed by atoms with van der Waals surface area (Å²) in [4.78, 5) is 0. The van der Waals surface area contributed by atoms with Crippen molar-refractivity contribution < 1.29 is 41.3 Å². The zero-order valence-electron chi connectivity index (χ0n) is 21.4. The van der Waals surface area contributed by atoms with Crippen LogP contribution in [0.15, 0.2) is 66.7 Å². The summed E-state index contributed by atoms with van der Waals surface area (Å²) in [6.45, 7) is -1.36. The first kappa shape index (κ1) is 30.1. The number of rotatable bonds is 13. The summed E-state index contributed by atoms with van der Waals surface area (Å²) in [6, 6.07) is 18.1. The van der Waals surface area contributed by atoms with Crippen LogP contribution in [0.1, 0.15) is 22.7 Å². The highest BCUT2D eigenvalue weighted by Gasteiger charge is 2.29. The van der Waals surface area contributed by atoms with Gasteiger partial charge in [-0.1, -0.05) is 42.5 Å². The Morgan fingerprint density at radius 2 is 1.67 bits per heavy atom. The second kappa shape index (κ2) is 13.0. The zero-order valence-corrected chi connectivity index (χ0v) is 22.2. The molecule has 3 aromatic carbocycles. The van der Waals surface area contributed by atoms with E-state index in [1.165, 1.54) is 31.4 Å². The molecule has 0 aromatic heterocycles. The van der Waals surface area contributed by atoms with Gasteiger partial charge in [-0.15, -0.1) is 0 Å². The highest BCUT2D eigenvalue weighted by Crippen LogP contribution is 2.33. The number of halogens is 3. The van der Waals surface area contributed by atoms with Gasteiger partial charge in [0.25, 0.3) is 0 Å². The SMILES string of the molecule is COc1ccc([C@@H](Cc2ccccc2)NC[C@@H](O)Cc2ccc(O)c(NS(C)(=O)=O)c2)cc1OCC(F)(F)F. The number of aromatic hydroxyl groups is 1. The molecular weight excluding hydrogens is 537 g/mol. The van der Waals surface area contributed by atoms with E-state index in [0.29, 0.717) is 17.5 Å². The van der Waals surface area contributed by atoms with Gasteiger partial charge in [-0.2, -0.15) is 13.2 Å². The Hall–Kier alpha value is -3.48. The van der Waals surface area contributed by atoms with Crippen molar-refractivity contribution in [2.75, 3.05) is 31.2 Å². The van der Waals surface area contributed by atoms with Crippen LogP contribution in [0.4, 0.5) is 18.9 Å². The molecule has 0 unspecified atom stereocenters. The molecule has 0 aliphatic rings. The van der Waals surface area contributed by atoms with E-state index in [2.05, 4.69) is 10.0 Å².